The molecule has 0 N–H and O–H groups in total. The topological polar surface area (TPSA) is 4.93 Å². The second kappa shape index (κ2) is 11.2. The van der Waals surface area contributed by atoms with Crippen molar-refractivity contribution in [3.63, 3.8) is 0 Å². The number of hydrogen-bond donors (Lipinski definition) is 0. The van der Waals surface area contributed by atoms with Gasteiger partial charge in [-0.3, -0.25) is 0 Å². The molecule has 0 saturated carbocycles. The number of thiophene rings is 1. The minimum absolute atomic E-state index is 0.0423. The molecular formula is C54H39NS. The molecular weight excluding hydrogens is 695 g/mol. The summed E-state index contributed by atoms with van der Waals surface area (Å²) in [6.45, 7) is 9.55. The highest BCUT2D eigenvalue weighted by molar-refractivity contribution is 7.25. The monoisotopic (exact) mass is 733 g/mol. The predicted octanol–water partition coefficient (Wildman–Crippen LogP) is 15.1. The molecule has 0 unspecified atom stereocenters. The van der Waals surface area contributed by atoms with Crippen molar-refractivity contribution < 1.29 is 0 Å². The predicted molar refractivity (Wildman–Crippen MR) is 240 cm³/mol. The van der Waals surface area contributed by atoms with Crippen LogP contribution in [0.5, 0.6) is 0 Å². The summed E-state index contributed by atoms with van der Waals surface area (Å²) in [4.78, 5) is 0. The Bertz CT molecular complexity index is 3300. The molecule has 2 aliphatic carbocycles. The Hall–Kier alpha value is -6.22. The van der Waals surface area contributed by atoms with E-state index in [9.17, 15) is 0 Å². The summed E-state index contributed by atoms with van der Waals surface area (Å²) in [7, 11) is 0. The highest BCUT2D eigenvalue weighted by atomic mass is 32.1. The average Bonchev–Trinajstić information content (AvgIpc) is 3.91. The minimum Gasteiger partial charge on any atom is -0.309 e. The van der Waals surface area contributed by atoms with Gasteiger partial charge in [-0.1, -0.05) is 131 Å². The van der Waals surface area contributed by atoms with Crippen LogP contribution in [0, 0.1) is 0 Å². The van der Waals surface area contributed by atoms with Gasteiger partial charge in [0.05, 0.1) is 11.0 Å². The van der Waals surface area contributed by atoms with E-state index in [2.05, 4.69) is 196 Å². The zero-order valence-electron chi connectivity index (χ0n) is 31.9. The van der Waals surface area contributed by atoms with E-state index in [0.717, 1.165) is 0 Å². The number of benzene rings is 8. The van der Waals surface area contributed by atoms with Crippen LogP contribution in [0.4, 0.5) is 0 Å². The molecule has 266 valence electrons. The number of nitrogens with zero attached hydrogens (tertiary/aromatic N) is 1. The SMILES string of the molecule is CC1(C)c2ccccc2-c2ccc(-c3ccc4c(c3)c3cc(-c5ccc6c(c5)-c5ccc7sc8ccccc8c7c5C6(C)C)ccc3n4-c3ccccc3)cc21. The Morgan fingerprint density at radius 2 is 0.982 bits per heavy atom. The summed E-state index contributed by atoms with van der Waals surface area (Å²) in [5.41, 5.74) is 19.6. The van der Waals surface area contributed by atoms with Crippen LogP contribution >= 0.6 is 11.3 Å². The van der Waals surface area contributed by atoms with Crippen LogP contribution < -0.4 is 0 Å². The van der Waals surface area contributed by atoms with Gasteiger partial charge in [-0.15, -0.1) is 11.3 Å². The number of fused-ring (bicyclic) bond motifs is 13. The molecule has 2 heterocycles. The zero-order valence-corrected chi connectivity index (χ0v) is 32.8. The maximum Gasteiger partial charge on any atom is 0.0541 e. The lowest BCUT2D eigenvalue weighted by Crippen LogP contribution is -2.15. The van der Waals surface area contributed by atoms with Crippen LogP contribution in [0.1, 0.15) is 49.9 Å². The first-order valence-corrected chi connectivity index (χ1v) is 20.6. The lowest BCUT2D eigenvalue weighted by molar-refractivity contribution is 0.660. The van der Waals surface area contributed by atoms with Crippen LogP contribution in [0.15, 0.2) is 164 Å². The largest absolute Gasteiger partial charge is 0.309 e. The van der Waals surface area contributed by atoms with E-state index in [0.29, 0.717) is 0 Å². The summed E-state index contributed by atoms with van der Waals surface area (Å²) in [6.07, 6.45) is 0. The molecule has 2 heteroatoms. The smallest absolute Gasteiger partial charge is 0.0541 e. The number of rotatable bonds is 3. The van der Waals surface area contributed by atoms with Crippen molar-refractivity contribution in [1.29, 1.82) is 0 Å². The fourth-order valence-electron chi connectivity index (χ4n) is 10.4. The third kappa shape index (κ3) is 4.25. The van der Waals surface area contributed by atoms with E-state index in [1.54, 1.807) is 0 Å². The highest BCUT2D eigenvalue weighted by Gasteiger charge is 2.38. The van der Waals surface area contributed by atoms with Crippen molar-refractivity contribution in [2.75, 3.05) is 0 Å². The van der Waals surface area contributed by atoms with Gasteiger partial charge in [-0.2, -0.15) is 0 Å². The lowest BCUT2D eigenvalue weighted by Gasteiger charge is -2.22. The molecule has 1 nitrogen and oxygen atoms in total. The summed E-state index contributed by atoms with van der Waals surface area (Å²) < 4.78 is 5.16. The lowest BCUT2D eigenvalue weighted by atomic mass is 9.80. The second-order valence-electron chi connectivity index (χ2n) is 16.9. The first-order valence-electron chi connectivity index (χ1n) is 19.8. The van der Waals surface area contributed by atoms with E-state index in [1.165, 1.54) is 114 Å². The molecule has 0 bridgehead atoms. The van der Waals surface area contributed by atoms with Crippen molar-refractivity contribution >= 4 is 53.3 Å². The van der Waals surface area contributed by atoms with Crippen molar-refractivity contribution in [1.82, 2.24) is 4.57 Å². The summed E-state index contributed by atoms with van der Waals surface area (Å²) in [5, 5.41) is 5.34. The van der Waals surface area contributed by atoms with Gasteiger partial charge in [0.15, 0.2) is 0 Å². The van der Waals surface area contributed by atoms with Crippen LogP contribution in [-0.4, -0.2) is 4.57 Å². The third-order valence-corrected chi connectivity index (χ3v) is 14.3. The van der Waals surface area contributed by atoms with Gasteiger partial charge in [0.2, 0.25) is 0 Å². The number of aromatic nitrogens is 1. The van der Waals surface area contributed by atoms with Gasteiger partial charge >= 0.3 is 0 Å². The summed E-state index contributed by atoms with van der Waals surface area (Å²) >= 11 is 1.91. The van der Waals surface area contributed by atoms with Crippen molar-refractivity contribution in [2.24, 2.45) is 0 Å². The van der Waals surface area contributed by atoms with E-state index in [4.69, 9.17) is 0 Å². The van der Waals surface area contributed by atoms with Crippen molar-refractivity contribution in [3.8, 4) is 50.2 Å². The molecule has 0 amide bonds. The van der Waals surface area contributed by atoms with E-state index in [1.807, 2.05) is 11.3 Å². The Morgan fingerprint density at radius 1 is 0.393 bits per heavy atom. The molecule has 0 atom stereocenters. The average molecular weight is 734 g/mol. The van der Waals surface area contributed by atoms with Gasteiger partial charge in [0, 0.05) is 47.5 Å². The fourth-order valence-corrected chi connectivity index (χ4v) is 11.6. The Labute approximate surface area is 331 Å². The molecule has 2 aromatic heterocycles. The van der Waals surface area contributed by atoms with Crippen molar-refractivity contribution in [3.05, 3.63) is 186 Å². The molecule has 10 aromatic rings. The van der Waals surface area contributed by atoms with Gasteiger partial charge in [-0.25, -0.2) is 0 Å². The molecule has 0 spiro atoms. The van der Waals surface area contributed by atoms with Crippen LogP contribution in [0.3, 0.4) is 0 Å². The Kier molecular flexibility index (Phi) is 6.40. The maximum atomic E-state index is 2.45. The zero-order chi connectivity index (χ0) is 37.5. The standard InChI is InChI=1S/C54H39NS/c1-53(2)44-16-10-8-14-37(44)38-22-18-35(31-46(38)53)34-21-26-48-43(30-34)42-29-33(20-25-47(42)55(48)36-12-6-5-7-13-36)32-19-24-45-41(28-32)39-23-27-50-51(52(39)54(45,3)4)40-15-9-11-17-49(40)56-50/h5-31H,1-4H3. The second-order valence-corrected chi connectivity index (χ2v) is 18.0. The van der Waals surface area contributed by atoms with E-state index >= 15 is 0 Å². The molecule has 8 aromatic carbocycles. The van der Waals surface area contributed by atoms with Gasteiger partial charge in [0.25, 0.3) is 0 Å². The molecule has 0 aliphatic heterocycles. The normalized spacial score (nSPS) is 14.7. The molecule has 56 heavy (non-hydrogen) atoms. The Balaban J connectivity index is 1.03. The van der Waals surface area contributed by atoms with Crippen LogP contribution in [-0.2, 0) is 10.8 Å². The van der Waals surface area contributed by atoms with Crippen LogP contribution in [0.25, 0.3) is 92.2 Å². The molecule has 2 aliphatic rings. The molecule has 12 rings (SSSR count). The first-order chi connectivity index (χ1) is 27.3. The first kappa shape index (κ1) is 32.1. The molecule has 0 radical (unpaired) electrons. The molecule has 0 fully saturated rings. The fraction of sp³-hybridized carbons (Fsp3) is 0.111. The van der Waals surface area contributed by atoms with E-state index in [-0.39, 0.29) is 10.8 Å². The number of hydrogen-bond acceptors (Lipinski definition) is 1. The molecule has 0 saturated heterocycles. The van der Waals surface area contributed by atoms with Gasteiger partial charge in [0.1, 0.15) is 0 Å². The third-order valence-electron chi connectivity index (χ3n) is 13.2. The maximum absolute atomic E-state index is 2.45. The Morgan fingerprint density at radius 3 is 1.77 bits per heavy atom. The summed E-state index contributed by atoms with van der Waals surface area (Å²) in [6, 6.07) is 61.8. The van der Waals surface area contributed by atoms with Gasteiger partial charge in [-0.05, 0) is 127 Å². The van der Waals surface area contributed by atoms with Gasteiger partial charge < -0.3 is 4.57 Å². The summed E-state index contributed by atoms with van der Waals surface area (Å²) in [5.74, 6) is 0. The quantitative estimate of drug-likeness (QED) is 0.170. The highest BCUT2D eigenvalue weighted by Crippen LogP contribution is 2.55. The number of para-hydroxylation sites is 1. The van der Waals surface area contributed by atoms with Crippen molar-refractivity contribution in [2.45, 2.75) is 38.5 Å². The van der Waals surface area contributed by atoms with Crippen LogP contribution in [0.2, 0.25) is 0 Å². The minimum atomic E-state index is -0.0917. The van der Waals surface area contributed by atoms with E-state index < -0.39 is 0 Å².